The van der Waals surface area contributed by atoms with Gasteiger partial charge < -0.3 is 5.11 Å². The monoisotopic (exact) mass is 344 g/mol. The van der Waals surface area contributed by atoms with Crippen molar-refractivity contribution in [3.8, 4) is 22.7 Å². The highest BCUT2D eigenvalue weighted by Gasteiger charge is 2.13. The van der Waals surface area contributed by atoms with Gasteiger partial charge in [0.05, 0.1) is 17.1 Å². The largest absolute Gasteiger partial charge is 0.507 e. The molecule has 122 valence electrons. The van der Waals surface area contributed by atoms with Crippen LogP contribution in [0.2, 0.25) is 0 Å². The normalized spacial score (nSPS) is 11.2. The highest BCUT2D eigenvalue weighted by molar-refractivity contribution is 7.10. The van der Waals surface area contributed by atoms with Crippen molar-refractivity contribution in [2.45, 2.75) is 0 Å². The van der Waals surface area contributed by atoms with Gasteiger partial charge in [0, 0.05) is 10.4 Å². The summed E-state index contributed by atoms with van der Waals surface area (Å²) in [5.41, 5.74) is 3.41. The Hall–Kier alpha value is -3.11. The second-order valence-electron chi connectivity index (χ2n) is 5.57. The Bertz CT molecular complexity index is 1000. The third-order valence-electron chi connectivity index (χ3n) is 3.87. The molecule has 0 fully saturated rings. The first-order valence-corrected chi connectivity index (χ1v) is 8.85. The van der Waals surface area contributed by atoms with Gasteiger partial charge in [-0.2, -0.15) is 5.10 Å². The number of thiophene rings is 1. The first kappa shape index (κ1) is 15.4. The van der Waals surface area contributed by atoms with E-state index in [9.17, 15) is 5.11 Å². The Kier molecular flexibility index (Phi) is 4.19. The third-order valence-corrected chi connectivity index (χ3v) is 4.71. The van der Waals surface area contributed by atoms with E-state index in [2.05, 4.69) is 17.5 Å². The lowest BCUT2D eigenvalue weighted by Crippen LogP contribution is -1.98. The molecule has 2 aromatic carbocycles. The highest BCUT2D eigenvalue weighted by atomic mass is 32.1. The summed E-state index contributed by atoms with van der Waals surface area (Å²) in [5.74, 6) is 0.244. The number of rotatable bonds is 4. The summed E-state index contributed by atoms with van der Waals surface area (Å²) in [5, 5.41) is 17.0. The van der Waals surface area contributed by atoms with Gasteiger partial charge in [-0.25, -0.2) is 4.68 Å². The molecule has 0 aliphatic rings. The molecule has 0 bridgehead atoms. The Morgan fingerprint density at radius 1 is 0.880 bits per heavy atom. The average molecular weight is 344 g/mol. The van der Waals surface area contributed by atoms with E-state index in [4.69, 9.17) is 5.10 Å². The van der Waals surface area contributed by atoms with Crippen LogP contribution >= 0.6 is 11.3 Å². The fraction of sp³-hybridized carbons (Fsp3) is 0. The maximum atomic E-state index is 10.3. The van der Waals surface area contributed by atoms with Crippen molar-refractivity contribution in [1.29, 1.82) is 0 Å². The van der Waals surface area contributed by atoms with Crippen LogP contribution in [0.25, 0.3) is 29.1 Å². The smallest absolute Gasteiger partial charge is 0.124 e. The molecule has 0 saturated heterocycles. The van der Waals surface area contributed by atoms with E-state index in [-0.39, 0.29) is 5.75 Å². The molecule has 0 aliphatic heterocycles. The molecule has 25 heavy (non-hydrogen) atoms. The standard InChI is InChI=1S/C21H16N2OS/c24-21-11-5-4-10-19(21)20-15-16(12-13-18-9-6-14-25-18)22-23(20)17-7-2-1-3-8-17/h1-15,24H/b13-12+. The van der Waals surface area contributed by atoms with Crippen LogP contribution in [0.3, 0.4) is 0 Å². The van der Waals surface area contributed by atoms with Crippen molar-refractivity contribution in [1.82, 2.24) is 9.78 Å². The molecule has 0 unspecified atom stereocenters. The molecular weight excluding hydrogens is 328 g/mol. The van der Waals surface area contributed by atoms with Crippen molar-refractivity contribution < 1.29 is 5.11 Å². The summed E-state index contributed by atoms with van der Waals surface area (Å²) in [7, 11) is 0. The van der Waals surface area contributed by atoms with Gasteiger partial charge in [-0.3, -0.25) is 0 Å². The Morgan fingerprint density at radius 2 is 1.68 bits per heavy atom. The topological polar surface area (TPSA) is 38.1 Å². The summed E-state index contributed by atoms with van der Waals surface area (Å²) in [6.07, 6.45) is 4.05. The molecule has 2 aromatic heterocycles. The molecule has 3 nitrogen and oxygen atoms in total. The van der Waals surface area contributed by atoms with Crippen LogP contribution in [0.5, 0.6) is 5.75 Å². The zero-order valence-corrected chi connectivity index (χ0v) is 14.2. The number of para-hydroxylation sites is 2. The van der Waals surface area contributed by atoms with Gasteiger partial charge in [0.2, 0.25) is 0 Å². The summed E-state index contributed by atoms with van der Waals surface area (Å²) >= 11 is 1.69. The molecule has 4 aromatic rings. The number of aromatic nitrogens is 2. The van der Waals surface area contributed by atoms with E-state index in [0.717, 1.165) is 22.6 Å². The first-order valence-electron chi connectivity index (χ1n) is 7.97. The number of hydrogen-bond acceptors (Lipinski definition) is 3. The highest BCUT2D eigenvalue weighted by Crippen LogP contribution is 2.31. The van der Waals surface area contributed by atoms with Gasteiger partial charge in [-0.05, 0) is 53.9 Å². The van der Waals surface area contributed by atoms with Crippen LogP contribution in [0.4, 0.5) is 0 Å². The van der Waals surface area contributed by atoms with Crippen LogP contribution in [0, 0.1) is 0 Å². The van der Waals surface area contributed by atoms with E-state index in [1.165, 1.54) is 4.88 Å². The Morgan fingerprint density at radius 3 is 2.44 bits per heavy atom. The van der Waals surface area contributed by atoms with Gasteiger partial charge in [-0.15, -0.1) is 11.3 Å². The molecule has 0 amide bonds. The molecule has 0 atom stereocenters. The van der Waals surface area contributed by atoms with Crippen molar-refractivity contribution in [3.63, 3.8) is 0 Å². The molecular formula is C21H16N2OS. The van der Waals surface area contributed by atoms with Crippen LogP contribution in [0.1, 0.15) is 10.6 Å². The second kappa shape index (κ2) is 6.79. The Labute approximate surface area is 150 Å². The summed E-state index contributed by atoms with van der Waals surface area (Å²) in [6.45, 7) is 0. The number of phenolic OH excluding ortho intramolecular Hbond substituents is 1. The van der Waals surface area contributed by atoms with Crippen molar-refractivity contribution >= 4 is 23.5 Å². The van der Waals surface area contributed by atoms with Crippen molar-refractivity contribution in [3.05, 3.63) is 88.7 Å². The van der Waals surface area contributed by atoms with Gasteiger partial charge >= 0.3 is 0 Å². The number of phenols is 1. The van der Waals surface area contributed by atoms with Crippen LogP contribution in [0.15, 0.2) is 78.2 Å². The number of nitrogens with zero attached hydrogens (tertiary/aromatic N) is 2. The minimum Gasteiger partial charge on any atom is -0.507 e. The quantitative estimate of drug-likeness (QED) is 0.532. The minimum atomic E-state index is 0.244. The molecule has 0 saturated carbocycles. The predicted octanol–water partition coefficient (Wildman–Crippen LogP) is 5.48. The van der Waals surface area contributed by atoms with E-state index < -0.39 is 0 Å². The molecule has 0 radical (unpaired) electrons. The number of aromatic hydroxyl groups is 1. The average Bonchev–Trinajstić information content (AvgIpc) is 3.31. The van der Waals surface area contributed by atoms with Gasteiger partial charge in [-0.1, -0.05) is 36.4 Å². The van der Waals surface area contributed by atoms with Gasteiger partial charge in [0.15, 0.2) is 0 Å². The van der Waals surface area contributed by atoms with E-state index in [0.29, 0.717) is 0 Å². The maximum Gasteiger partial charge on any atom is 0.124 e. The lowest BCUT2D eigenvalue weighted by molar-refractivity contribution is 0.477. The summed E-state index contributed by atoms with van der Waals surface area (Å²) in [4.78, 5) is 1.18. The van der Waals surface area contributed by atoms with Crippen molar-refractivity contribution in [2.75, 3.05) is 0 Å². The fourth-order valence-corrected chi connectivity index (χ4v) is 3.30. The van der Waals surface area contributed by atoms with Crippen molar-refractivity contribution in [2.24, 2.45) is 0 Å². The van der Waals surface area contributed by atoms with Gasteiger partial charge in [0.1, 0.15) is 5.75 Å². The lowest BCUT2D eigenvalue weighted by Gasteiger charge is -2.08. The molecule has 2 heterocycles. The second-order valence-corrected chi connectivity index (χ2v) is 6.55. The molecule has 0 spiro atoms. The van der Waals surface area contributed by atoms with E-state index >= 15 is 0 Å². The van der Waals surface area contributed by atoms with Crippen LogP contribution in [-0.4, -0.2) is 14.9 Å². The molecule has 4 heteroatoms. The predicted molar refractivity (Wildman–Crippen MR) is 104 cm³/mol. The van der Waals surface area contributed by atoms with Crippen LogP contribution in [-0.2, 0) is 0 Å². The summed E-state index contributed by atoms with van der Waals surface area (Å²) in [6, 6.07) is 23.4. The summed E-state index contributed by atoms with van der Waals surface area (Å²) < 4.78 is 1.86. The molecule has 4 rings (SSSR count). The van der Waals surface area contributed by atoms with E-state index in [1.54, 1.807) is 17.4 Å². The van der Waals surface area contributed by atoms with E-state index in [1.807, 2.05) is 71.4 Å². The minimum absolute atomic E-state index is 0.244. The molecule has 0 aliphatic carbocycles. The molecule has 1 N–H and O–H groups in total. The first-order chi connectivity index (χ1) is 12.3. The zero-order chi connectivity index (χ0) is 17.1. The number of hydrogen-bond donors (Lipinski definition) is 1. The maximum absolute atomic E-state index is 10.3. The lowest BCUT2D eigenvalue weighted by atomic mass is 10.1. The van der Waals surface area contributed by atoms with Gasteiger partial charge in [0.25, 0.3) is 0 Å². The third kappa shape index (κ3) is 3.25. The SMILES string of the molecule is Oc1ccccc1-c1cc(/C=C/c2cccs2)nn1-c1ccccc1. The fourth-order valence-electron chi connectivity index (χ4n) is 2.68. The zero-order valence-electron chi connectivity index (χ0n) is 13.4. The van der Waals surface area contributed by atoms with Crippen LogP contribution < -0.4 is 0 Å². The Balaban J connectivity index is 1.82. The number of benzene rings is 2.